The molecule has 39 heavy (non-hydrogen) atoms. The molecule has 2 aromatic heterocycles. The van der Waals surface area contributed by atoms with Crippen molar-refractivity contribution in [3.05, 3.63) is 114 Å². The van der Waals surface area contributed by atoms with Crippen molar-refractivity contribution in [3.63, 3.8) is 0 Å². The number of halogens is 4. The Morgan fingerprint density at radius 3 is 2.05 bits per heavy atom. The Kier molecular flexibility index (Phi) is 9.01. The Balaban J connectivity index is 1.62. The van der Waals surface area contributed by atoms with Crippen LogP contribution in [0.1, 0.15) is 42.0 Å². The van der Waals surface area contributed by atoms with Gasteiger partial charge >= 0.3 is 13.2 Å². The number of pyridine rings is 2. The molecule has 9 heteroatoms. The number of benzene rings is 2. The van der Waals surface area contributed by atoms with Gasteiger partial charge in [0.05, 0.1) is 0 Å². The maximum absolute atomic E-state index is 13.1. The molecular weight excluding hydrogens is 512 g/mol. The number of rotatable bonds is 12. The monoisotopic (exact) mass is 540 g/mol. The van der Waals surface area contributed by atoms with Crippen molar-refractivity contribution in [2.75, 3.05) is 0 Å². The molecule has 1 atom stereocenters. The highest BCUT2D eigenvalue weighted by atomic mass is 19.3. The lowest BCUT2D eigenvalue weighted by molar-refractivity contribution is -0.0692. The van der Waals surface area contributed by atoms with Gasteiger partial charge in [-0.1, -0.05) is 42.5 Å². The Bertz CT molecular complexity index is 1320. The van der Waals surface area contributed by atoms with E-state index in [0.29, 0.717) is 24.3 Å². The SMILES string of the molecule is CC(C)(Cc1ccccc1)Oc1ccc(C(Cc2ccncc2)c2ccc(OC(F)F)c(OC(F)F)c2)cn1. The van der Waals surface area contributed by atoms with E-state index in [1.807, 2.05) is 62.4 Å². The molecule has 0 saturated heterocycles. The number of ether oxygens (including phenoxy) is 3. The van der Waals surface area contributed by atoms with E-state index in [9.17, 15) is 17.6 Å². The summed E-state index contributed by atoms with van der Waals surface area (Å²) in [5, 5.41) is 0. The predicted octanol–water partition coefficient (Wildman–Crippen LogP) is 7.45. The standard InChI is InChI=1S/C30H28F4N2O3/c1-30(2,18-21-6-4-3-5-7-21)39-27-11-9-23(19-36-27)24(16-20-12-14-35-15-13-20)22-8-10-25(37-28(31)32)26(17-22)38-29(33)34/h3-15,17,19,24,28-29H,16,18H2,1-2H3. The zero-order valence-corrected chi connectivity index (χ0v) is 21.4. The van der Waals surface area contributed by atoms with E-state index >= 15 is 0 Å². The van der Waals surface area contributed by atoms with Crippen LogP contribution in [0.15, 0.2) is 91.4 Å². The first-order valence-electron chi connectivity index (χ1n) is 12.3. The van der Waals surface area contributed by atoms with E-state index in [0.717, 1.165) is 16.7 Å². The largest absolute Gasteiger partial charge is 0.471 e. The summed E-state index contributed by atoms with van der Waals surface area (Å²) in [7, 11) is 0. The highest BCUT2D eigenvalue weighted by molar-refractivity contribution is 5.47. The molecule has 0 aliphatic rings. The summed E-state index contributed by atoms with van der Waals surface area (Å²) < 4.78 is 66.9. The summed E-state index contributed by atoms with van der Waals surface area (Å²) in [6.07, 6.45) is 6.12. The molecule has 0 bridgehead atoms. The summed E-state index contributed by atoms with van der Waals surface area (Å²) in [6.45, 7) is -2.44. The third-order valence-electron chi connectivity index (χ3n) is 6.01. The van der Waals surface area contributed by atoms with Crippen LogP contribution in [0.2, 0.25) is 0 Å². The van der Waals surface area contributed by atoms with Gasteiger partial charge in [-0.2, -0.15) is 17.6 Å². The molecule has 0 saturated carbocycles. The first-order chi connectivity index (χ1) is 18.7. The highest BCUT2D eigenvalue weighted by Gasteiger charge is 2.23. The van der Waals surface area contributed by atoms with Crippen LogP contribution in [0.25, 0.3) is 0 Å². The van der Waals surface area contributed by atoms with Crippen LogP contribution < -0.4 is 14.2 Å². The summed E-state index contributed by atoms with van der Waals surface area (Å²) in [6, 6.07) is 21.3. The zero-order chi connectivity index (χ0) is 27.8. The van der Waals surface area contributed by atoms with Gasteiger partial charge in [0.15, 0.2) is 11.5 Å². The molecule has 0 aliphatic heterocycles. The Labute approximate surface area is 224 Å². The van der Waals surface area contributed by atoms with Crippen LogP contribution in [0.4, 0.5) is 17.6 Å². The van der Waals surface area contributed by atoms with Crippen molar-refractivity contribution in [3.8, 4) is 17.4 Å². The van der Waals surface area contributed by atoms with Crippen LogP contribution in [0.3, 0.4) is 0 Å². The minimum atomic E-state index is -3.21. The zero-order valence-electron chi connectivity index (χ0n) is 21.4. The molecule has 0 N–H and O–H groups in total. The van der Waals surface area contributed by atoms with Crippen LogP contribution in [0, 0.1) is 0 Å². The summed E-state index contributed by atoms with van der Waals surface area (Å²) in [5.74, 6) is -0.881. The van der Waals surface area contributed by atoms with E-state index in [-0.39, 0.29) is 5.92 Å². The minimum absolute atomic E-state index is 0.369. The molecule has 2 heterocycles. The third-order valence-corrected chi connectivity index (χ3v) is 6.01. The number of nitrogens with zero attached hydrogens (tertiary/aromatic N) is 2. The van der Waals surface area contributed by atoms with Gasteiger partial charge in [0.2, 0.25) is 5.88 Å². The highest BCUT2D eigenvalue weighted by Crippen LogP contribution is 2.37. The second kappa shape index (κ2) is 12.6. The maximum atomic E-state index is 13.1. The molecule has 204 valence electrons. The molecule has 0 amide bonds. The van der Waals surface area contributed by atoms with Gasteiger partial charge in [-0.15, -0.1) is 0 Å². The van der Waals surface area contributed by atoms with E-state index in [1.165, 1.54) is 12.1 Å². The Morgan fingerprint density at radius 2 is 1.41 bits per heavy atom. The fourth-order valence-electron chi connectivity index (χ4n) is 4.37. The summed E-state index contributed by atoms with van der Waals surface area (Å²) in [4.78, 5) is 8.55. The number of hydrogen-bond donors (Lipinski definition) is 0. The van der Waals surface area contributed by atoms with Gasteiger partial charge in [0.1, 0.15) is 5.60 Å². The van der Waals surface area contributed by atoms with E-state index in [4.69, 9.17) is 4.74 Å². The van der Waals surface area contributed by atoms with Gasteiger partial charge < -0.3 is 14.2 Å². The molecule has 4 aromatic rings. The molecule has 1 unspecified atom stereocenters. The first kappa shape index (κ1) is 27.9. The van der Waals surface area contributed by atoms with Crippen molar-refractivity contribution >= 4 is 0 Å². The van der Waals surface area contributed by atoms with E-state index in [2.05, 4.69) is 19.4 Å². The van der Waals surface area contributed by atoms with Gasteiger partial charge in [-0.25, -0.2) is 4.98 Å². The van der Waals surface area contributed by atoms with Crippen molar-refractivity contribution < 1.29 is 31.8 Å². The van der Waals surface area contributed by atoms with Gasteiger partial charge in [0.25, 0.3) is 0 Å². The molecule has 2 aromatic carbocycles. The lowest BCUT2D eigenvalue weighted by atomic mass is 9.87. The lowest BCUT2D eigenvalue weighted by Gasteiger charge is -2.26. The maximum Gasteiger partial charge on any atom is 0.387 e. The second-order valence-corrected chi connectivity index (χ2v) is 9.53. The van der Waals surface area contributed by atoms with Crippen molar-refractivity contribution in [1.82, 2.24) is 9.97 Å². The van der Waals surface area contributed by atoms with Gasteiger partial charge in [0, 0.05) is 37.0 Å². The smallest absolute Gasteiger partial charge is 0.387 e. The van der Waals surface area contributed by atoms with Crippen molar-refractivity contribution in [1.29, 1.82) is 0 Å². The molecule has 0 radical (unpaired) electrons. The minimum Gasteiger partial charge on any atom is -0.471 e. The Morgan fingerprint density at radius 1 is 0.744 bits per heavy atom. The van der Waals surface area contributed by atoms with Crippen LogP contribution in [-0.2, 0) is 12.8 Å². The molecule has 4 rings (SSSR count). The average molecular weight is 541 g/mol. The van der Waals surface area contributed by atoms with Crippen molar-refractivity contribution in [2.24, 2.45) is 0 Å². The van der Waals surface area contributed by atoms with Crippen LogP contribution >= 0.6 is 0 Å². The molecular formula is C30H28F4N2O3. The molecule has 0 fully saturated rings. The lowest BCUT2D eigenvalue weighted by Crippen LogP contribution is -2.31. The third kappa shape index (κ3) is 8.17. The van der Waals surface area contributed by atoms with E-state index in [1.54, 1.807) is 30.7 Å². The number of aromatic nitrogens is 2. The fraction of sp³-hybridized carbons (Fsp3) is 0.267. The molecule has 5 nitrogen and oxygen atoms in total. The number of alkyl halides is 4. The second-order valence-electron chi connectivity index (χ2n) is 9.53. The Hall–Kier alpha value is -4.14. The van der Waals surface area contributed by atoms with Crippen molar-refractivity contribution in [2.45, 2.75) is 51.4 Å². The quantitative estimate of drug-likeness (QED) is 0.175. The van der Waals surface area contributed by atoms with Crippen LogP contribution in [-0.4, -0.2) is 28.8 Å². The fourth-order valence-corrected chi connectivity index (χ4v) is 4.37. The summed E-state index contributed by atoms with van der Waals surface area (Å²) in [5.41, 5.74) is 2.88. The van der Waals surface area contributed by atoms with E-state index < -0.39 is 30.3 Å². The number of hydrogen-bond acceptors (Lipinski definition) is 5. The first-order valence-corrected chi connectivity index (χ1v) is 12.3. The normalized spacial score (nSPS) is 12.4. The molecule has 0 aliphatic carbocycles. The summed E-state index contributed by atoms with van der Waals surface area (Å²) >= 11 is 0. The van der Waals surface area contributed by atoms with Gasteiger partial charge in [-0.05, 0) is 66.8 Å². The molecule has 0 spiro atoms. The average Bonchev–Trinajstić information content (AvgIpc) is 2.89. The van der Waals surface area contributed by atoms with Crippen LogP contribution in [0.5, 0.6) is 17.4 Å². The predicted molar refractivity (Wildman–Crippen MR) is 139 cm³/mol. The topological polar surface area (TPSA) is 53.5 Å². The van der Waals surface area contributed by atoms with Gasteiger partial charge in [-0.3, -0.25) is 4.98 Å².